The average Bonchev–Trinajstić information content (AvgIpc) is 2.35. The first kappa shape index (κ1) is 21.3. The van der Waals surface area contributed by atoms with Gasteiger partial charge in [0.1, 0.15) is 7.85 Å². The highest BCUT2D eigenvalue weighted by molar-refractivity contribution is 8.26. The Labute approximate surface area is 127 Å². The van der Waals surface area contributed by atoms with Gasteiger partial charge in [0.25, 0.3) is 0 Å². The van der Waals surface area contributed by atoms with Gasteiger partial charge in [0.2, 0.25) is 0 Å². The van der Waals surface area contributed by atoms with Crippen LogP contribution in [0.15, 0.2) is 0 Å². The molecule has 0 aliphatic carbocycles. The SMILES string of the molecule is BCCN[C@H](C(C)C)C(C)(CC)COP(=O)(O)P(=O)(O)O. The van der Waals surface area contributed by atoms with Gasteiger partial charge in [-0.2, -0.15) is 0 Å². The molecule has 0 aromatic carbocycles. The molecule has 2 unspecified atom stereocenters. The van der Waals surface area contributed by atoms with Crippen LogP contribution < -0.4 is 5.32 Å². The molecular formula is C11H28BNO6P2. The fourth-order valence-corrected chi connectivity index (χ4v) is 3.54. The van der Waals surface area contributed by atoms with Crippen molar-refractivity contribution < 1.29 is 28.3 Å². The Balaban J connectivity index is 5.09. The van der Waals surface area contributed by atoms with Gasteiger partial charge in [-0.15, -0.1) is 0 Å². The molecule has 0 spiro atoms. The van der Waals surface area contributed by atoms with Crippen molar-refractivity contribution in [1.29, 1.82) is 0 Å². The predicted molar refractivity (Wildman–Crippen MR) is 86.2 cm³/mol. The molecule has 0 fully saturated rings. The molecule has 0 rings (SSSR count). The lowest BCUT2D eigenvalue weighted by molar-refractivity contribution is 0.0816. The van der Waals surface area contributed by atoms with Crippen molar-refractivity contribution in [3.8, 4) is 0 Å². The molecule has 0 amide bonds. The molecule has 7 nitrogen and oxygen atoms in total. The molecule has 0 aromatic rings. The molecule has 4 N–H and O–H groups in total. The fourth-order valence-electron chi connectivity index (χ4n) is 2.31. The normalized spacial score (nSPS) is 20.0. The highest BCUT2D eigenvalue weighted by Gasteiger charge is 2.45. The van der Waals surface area contributed by atoms with E-state index in [2.05, 4.69) is 5.32 Å². The van der Waals surface area contributed by atoms with E-state index in [4.69, 9.17) is 14.3 Å². The summed E-state index contributed by atoms with van der Waals surface area (Å²) in [6, 6.07) is 0.0132. The largest absolute Gasteiger partial charge is 0.438 e. The molecule has 126 valence electrons. The van der Waals surface area contributed by atoms with Gasteiger partial charge < -0.3 is 20.0 Å². The monoisotopic (exact) mass is 343 g/mol. The quantitative estimate of drug-likeness (QED) is 0.350. The van der Waals surface area contributed by atoms with E-state index in [1.165, 1.54) is 0 Å². The number of hydrogen-bond acceptors (Lipinski definition) is 4. The third kappa shape index (κ3) is 6.15. The molecule has 10 heteroatoms. The minimum absolute atomic E-state index is 0.0132. The number of hydrogen-bond donors (Lipinski definition) is 4. The van der Waals surface area contributed by atoms with E-state index in [1.807, 2.05) is 35.5 Å². The molecule has 0 saturated carbocycles. The summed E-state index contributed by atoms with van der Waals surface area (Å²) in [5.74, 6) is 0.248. The van der Waals surface area contributed by atoms with Gasteiger partial charge in [-0.05, 0) is 18.9 Å². The van der Waals surface area contributed by atoms with Crippen LogP contribution in [-0.2, 0) is 13.7 Å². The number of nitrogens with one attached hydrogen (secondary N) is 1. The first-order valence-corrected chi connectivity index (χ1v) is 11.1. The smallest absolute Gasteiger partial charge is 0.316 e. The third-order valence-electron chi connectivity index (χ3n) is 3.73. The van der Waals surface area contributed by atoms with Gasteiger partial charge in [0.15, 0.2) is 0 Å². The molecule has 0 aromatic heterocycles. The van der Waals surface area contributed by atoms with E-state index >= 15 is 0 Å². The Morgan fingerprint density at radius 3 is 2.14 bits per heavy atom. The average molecular weight is 343 g/mol. The first-order valence-electron chi connectivity index (χ1n) is 7.18. The maximum absolute atomic E-state index is 11.6. The Hall–Kier alpha value is 0.325. The van der Waals surface area contributed by atoms with E-state index in [1.54, 1.807) is 0 Å². The van der Waals surface area contributed by atoms with Crippen molar-refractivity contribution >= 4 is 22.4 Å². The zero-order valence-corrected chi connectivity index (χ0v) is 15.2. The maximum Gasteiger partial charge on any atom is 0.438 e. The van der Waals surface area contributed by atoms with Crippen LogP contribution in [-0.4, -0.2) is 41.7 Å². The summed E-state index contributed by atoms with van der Waals surface area (Å²) in [6.07, 6.45) is 1.60. The van der Waals surface area contributed by atoms with Gasteiger partial charge >= 0.3 is 14.6 Å². The molecule has 0 aliphatic heterocycles. The standard InChI is InChI=1S/C11H28BNO6P2/c1-5-11(4,10(9(2)3)13-7-6-12)8-19-21(17,18)20(14,15)16/h9-10,13H,5-8,12H2,1-4H3,(H,17,18)(H2,14,15,16)/t10-,11?/m1/s1. The molecule has 0 saturated heterocycles. The summed E-state index contributed by atoms with van der Waals surface area (Å²) < 4.78 is 27.3. The Morgan fingerprint density at radius 1 is 1.29 bits per heavy atom. The van der Waals surface area contributed by atoms with Gasteiger partial charge in [-0.25, -0.2) is 9.13 Å². The van der Waals surface area contributed by atoms with E-state index in [0.717, 1.165) is 12.9 Å². The zero-order valence-electron chi connectivity index (χ0n) is 13.4. The lowest BCUT2D eigenvalue weighted by Crippen LogP contribution is -2.49. The van der Waals surface area contributed by atoms with Crippen LogP contribution in [0.2, 0.25) is 6.32 Å². The second-order valence-corrected chi connectivity index (χ2v) is 11.3. The molecule has 0 radical (unpaired) electrons. The summed E-state index contributed by atoms with van der Waals surface area (Å²) in [5.41, 5.74) is -0.503. The summed E-state index contributed by atoms with van der Waals surface area (Å²) in [7, 11) is -8.07. The molecular weight excluding hydrogens is 315 g/mol. The van der Waals surface area contributed by atoms with Gasteiger partial charge in [0.05, 0.1) is 6.61 Å². The van der Waals surface area contributed by atoms with Crippen LogP contribution in [0.1, 0.15) is 34.1 Å². The molecule has 0 bridgehead atoms. The van der Waals surface area contributed by atoms with Crippen molar-refractivity contribution in [2.45, 2.75) is 46.5 Å². The topological polar surface area (TPSA) is 116 Å². The lowest BCUT2D eigenvalue weighted by atomic mass is 9.75. The van der Waals surface area contributed by atoms with Crippen LogP contribution in [0.25, 0.3) is 0 Å². The van der Waals surface area contributed by atoms with Gasteiger partial charge in [-0.3, -0.25) is 4.52 Å². The Kier molecular flexibility index (Phi) is 8.38. The minimum Gasteiger partial charge on any atom is -0.316 e. The fraction of sp³-hybridized carbons (Fsp3) is 1.00. The minimum atomic E-state index is -5.17. The van der Waals surface area contributed by atoms with E-state index in [0.29, 0.717) is 6.42 Å². The highest BCUT2D eigenvalue weighted by Crippen LogP contribution is 2.75. The summed E-state index contributed by atoms with van der Waals surface area (Å²) >= 11 is 0. The molecule has 0 aliphatic rings. The van der Waals surface area contributed by atoms with Crippen molar-refractivity contribution in [1.82, 2.24) is 5.32 Å². The Morgan fingerprint density at radius 2 is 1.81 bits per heavy atom. The van der Waals surface area contributed by atoms with Crippen LogP contribution in [0.3, 0.4) is 0 Å². The number of rotatable bonds is 10. The first-order chi connectivity index (χ1) is 9.41. The molecule has 0 heterocycles. The van der Waals surface area contributed by atoms with E-state index in [9.17, 15) is 14.0 Å². The van der Waals surface area contributed by atoms with Gasteiger partial charge in [-0.1, -0.05) is 34.0 Å². The molecule has 3 atom stereocenters. The van der Waals surface area contributed by atoms with Crippen LogP contribution in [0, 0.1) is 11.3 Å². The summed E-state index contributed by atoms with van der Waals surface area (Å²) in [6.45, 7) is 8.48. The van der Waals surface area contributed by atoms with Crippen LogP contribution >= 0.6 is 14.6 Å². The summed E-state index contributed by atoms with van der Waals surface area (Å²) in [4.78, 5) is 27.1. The van der Waals surface area contributed by atoms with Crippen molar-refractivity contribution in [2.75, 3.05) is 13.2 Å². The zero-order chi connectivity index (χ0) is 16.9. The second-order valence-electron chi connectivity index (χ2n) is 5.96. The van der Waals surface area contributed by atoms with Crippen LogP contribution in [0.4, 0.5) is 0 Å². The van der Waals surface area contributed by atoms with Crippen LogP contribution in [0.5, 0.6) is 0 Å². The summed E-state index contributed by atoms with van der Waals surface area (Å²) in [5, 5.41) is 3.39. The van der Waals surface area contributed by atoms with Crippen molar-refractivity contribution in [3.05, 3.63) is 0 Å². The maximum atomic E-state index is 11.6. The van der Waals surface area contributed by atoms with E-state index < -0.39 is 20.0 Å². The molecule has 21 heavy (non-hydrogen) atoms. The predicted octanol–water partition coefficient (Wildman–Crippen LogP) is 1.36. The van der Waals surface area contributed by atoms with E-state index in [-0.39, 0.29) is 18.6 Å². The highest BCUT2D eigenvalue weighted by atomic mass is 32.1. The third-order valence-corrected chi connectivity index (χ3v) is 7.18. The second kappa shape index (κ2) is 8.25. The van der Waals surface area contributed by atoms with Gasteiger partial charge in [0, 0.05) is 11.5 Å². The Bertz CT molecular complexity index is 416. The lowest BCUT2D eigenvalue weighted by Gasteiger charge is -2.40. The van der Waals surface area contributed by atoms with Crippen molar-refractivity contribution in [2.24, 2.45) is 11.3 Å². The van der Waals surface area contributed by atoms with Crippen molar-refractivity contribution in [3.63, 3.8) is 0 Å².